The van der Waals surface area contributed by atoms with Crippen molar-refractivity contribution in [1.82, 2.24) is 4.90 Å². The number of phenols is 1. The SMILES string of the molecule is CN1CC[C@@]2(C)CC1Cc1ccc(O)cc12. The average Bonchev–Trinajstić information content (AvgIpc) is 2.26. The minimum absolute atomic E-state index is 0.281. The zero-order chi connectivity index (χ0) is 11.3. The monoisotopic (exact) mass is 217 g/mol. The number of phenolic OH excluding ortho intramolecular Hbond substituents is 1. The van der Waals surface area contributed by atoms with Gasteiger partial charge in [-0.25, -0.2) is 0 Å². The predicted molar refractivity (Wildman–Crippen MR) is 64.8 cm³/mol. The second-order valence-electron chi connectivity index (χ2n) is 5.69. The van der Waals surface area contributed by atoms with E-state index in [0.717, 1.165) is 6.42 Å². The number of benzene rings is 1. The van der Waals surface area contributed by atoms with Gasteiger partial charge in [-0.1, -0.05) is 13.0 Å². The molecule has 1 aromatic rings. The van der Waals surface area contributed by atoms with Gasteiger partial charge in [-0.05, 0) is 61.5 Å². The molecule has 0 amide bonds. The summed E-state index contributed by atoms with van der Waals surface area (Å²) in [4.78, 5) is 2.48. The first-order valence-electron chi connectivity index (χ1n) is 6.11. The second kappa shape index (κ2) is 3.24. The molecule has 1 heterocycles. The summed E-state index contributed by atoms with van der Waals surface area (Å²) in [6.07, 6.45) is 3.58. The molecule has 2 heteroatoms. The van der Waals surface area contributed by atoms with E-state index in [9.17, 15) is 5.11 Å². The smallest absolute Gasteiger partial charge is 0.115 e. The summed E-state index contributed by atoms with van der Waals surface area (Å²) in [5.41, 5.74) is 3.10. The fourth-order valence-corrected chi connectivity index (χ4v) is 3.41. The number of hydrogen-bond donors (Lipinski definition) is 1. The molecular weight excluding hydrogens is 198 g/mol. The van der Waals surface area contributed by atoms with E-state index in [0.29, 0.717) is 11.8 Å². The van der Waals surface area contributed by atoms with Gasteiger partial charge < -0.3 is 10.0 Å². The topological polar surface area (TPSA) is 23.5 Å². The third-order valence-corrected chi connectivity index (χ3v) is 4.53. The zero-order valence-corrected chi connectivity index (χ0v) is 10.0. The first kappa shape index (κ1) is 10.2. The molecule has 1 fully saturated rings. The van der Waals surface area contributed by atoms with Crippen LogP contribution in [-0.4, -0.2) is 29.6 Å². The van der Waals surface area contributed by atoms with Crippen molar-refractivity contribution < 1.29 is 5.11 Å². The molecule has 1 unspecified atom stereocenters. The minimum Gasteiger partial charge on any atom is -0.508 e. The standard InChI is InChI=1S/C14H19NO/c1-14-5-6-15(2)11(9-14)7-10-3-4-12(16)8-13(10)14/h3-4,8,11,16H,5-7,9H2,1-2H3/t11?,14-/m0/s1. The summed E-state index contributed by atoms with van der Waals surface area (Å²) in [6.45, 7) is 3.53. The van der Waals surface area contributed by atoms with E-state index in [2.05, 4.69) is 24.9 Å². The maximum Gasteiger partial charge on any atom is 0.115 e. The molecule has 0 saturated carbocycles. The van der Waals surface area contributed by atoms with Crippen LogP contribution in [0.25, 0.3) is 0 Å². The van der Waals surface area contributed by atoms with Gasteiger partial charge in [0.1, 0.15) is 5.75 Å². The van der Waals surface area contributed by atoms with E-state index in [1.807, 2.05) is 12.1 Å². The van der Waals surface area contributed by atoms with E-state index < -0.39 is 0 Å². The van der Waals surface area contributed by atoms with Gasteiger partial charge in [0.2, 0.25) is 0 Å². The lowest BCUT2D eigenvalue weighted by Gasteiger charge is -2.48. The quantitative estimate of drug-likeness (QED) is 0.721. The lowest BCUT2D eigenvalue weighted by molar-refractivity contribution is 0.113. The third-order valence-electron chi connectivity index (χ3n) is 4.53. The lowest BCUT2D eigenvalue weighted by Crippen LogP contribution is -2.50. The number of aromatic hydroxyl groups is 1. The number of likely N-dealkylation sites (tertiary alicyclic amines) is 1. The Balaban J connectivity index is 2.11. The van der Waals surface area contributed by atoms with Crippen molar-refractivity contribution in [2.75, 3.05) is 13.6 Å². The Kier molecular flexibility index (Phi) is 2.05. The molecular formula is C14H19NO. The molecule has 2 bridgehead atoms. The van der Waals surface area contributed by atoms with Crippen molar-refractivity contribution in [3.63, 3.8) is 0 Å². The fourth-order valence-electron chi connectivity index (χ4n) is 3.41. The van der Waals surface area contributed by atoms with Gasteiger partial charge in [0, 0.05) is 6.04 Å². The Morgan fingerprint density at radius 2 is 2.25 bits per heavy atom. The van der Waals surface area contributed by atoms with Crippen LogP contribution in [-0.2, 0) is 11.8 Å². The summed E-state index contributed by atoms with van der Waals surface area (Å²) >= 11 is 0. The van der Waals surface area contributed by atoms with E-state index in [1.165, 1.54) is 30.5 Å². The van der Waals surface area contributed by atoms with Gasteiger partial charge in [-0.3, -0.25) is 0 Å². The third kappa shape index (κ3) is 1.36. The summed E-state index contributed by atoms with van der Waals surface area (Å²) in [5, 5.41) is 9.64. The molecule has 0 spiro atoms. The molecule has 2 atom stereocenters. The Labute approximate surface area is 96.9 Å². The van der Waals surface area contributed by atoms with Gasteiger partial charge in [0.05, 0.1) is 0 Å². The molecule has 1 aliphatic heterocycles. The van der Waals surface area contributed by atoms with Crippen LogP contribution in [0.15, 0.2) is 18.2 Å². The van der Waals surface area contributed by atoms with Crippen LogP contribution in [0.2, 0.25) is 0 Å². The van der Waals surface area contributed by atoms with E-state index in [4.69, 9.17) is 0 Å². The largest absolute Gasteiger partial charge is 0.508 e. The summed E-state index contributed by atoms with van der Waals surface area (Å²) in [6, 6.07) is 6.60. The fraction of sp³-hybridized carbons (Fsp3) is 0.571. The van der Waals surface area contributed by atoms with E-state index in [1.54, 1.807) is 0 Å². The van der Waals surface area contributed by atoms with Gasteiger partial charge in [0.15, 0.2) is 0 Å². The molecule has 2 aliphatic rings. The van der Waals surface area contributed by atoms with Crippen LogP contribution < -0.4 is 0 Å². The van der Waals surface area contributed by atoms with Crippen molar-refractivity contribution in [3.05, 3.63) is 29.3 Å². The summed E-state index contributed by atoms with van der Waals surface area (Å²) in [7, 11) is 2.23. The second-order valence-corrected chi connectivity index (χ2v) is 5.69. The number of hydrogen-bond acceptors (Lipinski definition) is 2. The first-order valence-corrected chi connectivity index (χ1v) is 6.11. The van der Waals surface area contributed by atoms with Crippen molar-refractivity contribution in [2.45, 2.75) is 37.6 Å². The molecule has 16 heavy (non-hydrogen) atoms. The molecule has 1 aromatic carbocycles. The highest BCUT2D eigenvalue weighted by Crippen LogP contribution is 2.45. The number of likely N-dealkylation sites (N-methyl/N-ethyl adjacent to an activating group) is 1. The Morgan fingerprint density at radius 1 is 1.44 bits per heavy atom. The highest BCUT2D eigenvalue weighted by molar-refractivity contribution is 5.43. The maximum atomic E-state index is 9.64. The van der Waals surface area contributed by atoms with Crippen LogP contribution in [0, 0.1) is 0 Å². The molecule has 0 radical (unpaired) electrons. The van der Waals surface area contributed by atoms with Crippen LogP contribution in [0.5, 0.6) is 5.75 Å². The van der Waals surface area contributed by atoms with Gasteiger partial charge in [0.25, 0.3) is 0 Å². The van der Waals surface area contributed by atoms with Gasteiger partial charge in [-0.15, -0.1) is 0 Å². The lowest BCUT2D eigenvalue weighted by atomic mass is 9.65. The normalized spacial score (nSPS) is 33.5. The molecule has 2 nitrogen and oxygen atoms in total. The molecule has 86 valence electrons. The number of fused-ring (bicyclic) bond motifs is 4. The first-order chi connectivity index (χ1) is 7.58. The van der Waals surface area contributed by atoms with Crippen molar-refractivity contribution >= 4 is 0 Å². The summed E-state index contributed by atoms with van der Waals surface area (Å²) in [5.74, 6) is 0.414. The predicted octanol–water partition coefficient (Wildman–Crippen LogP) is 2.30. The van der Waals surface area contributed by atoms with Gasteiger partial charge in [-0.2, -0.15) is 0 Å². The van der Waals surface area contributed by atoms with Gasteiger partial charge >= 0.3 is 0 Å². The average molecular weight is 217 g/mol. The Morgan fingerprint density at radius 3 is 3.06 bits per heavy atom. The highest BCUT2D eigenvalue weighted by atomic mass is 16.3. The maximum absolute atomic E-state index is 9.64. The van der Waals surface area contributed by atoms with Crippen LogP contribution >= 0.6 is 0 Å². The van der Waals surface area contributed by atoms with Crippen molar-refractivity contribution in [1.29, 1.82) is 0 Å². The van der Waals surface area contributed by atoms with Crippen LogP contribution in [0.4, 0.5) is 0 Å². The molecule has 3 rings (SSSR count). The molecule has 1 N–H and O–H groups in total. The Hall–Kier alpha value is -1.02. The molecule has 0 aromatic heterocycles. The van der Waals surface area contributed by atoms with E-state index in [-0.39, 0.29) is 5.41 Å². The number of piperidine rings is 1. The summed E-state index contributed by atoms with van der Waals surface area (Å²) < 4.78 is 0. The highest BCUT2D eigenvalue weighted by Gasteiger charge is 2.41. The van der Waals surface area contributed by atoms with Crippen molar-refractivity contribution in [3.8, 4) is 5.75 Å². The zero-order valence-electron chi connectivity index (χ0n) is 10.0. The number of rotatable bonds is 0. The molecule has 1 aliphatic carbocycles. The molecule has 1 saturated heterocycles. The minimum atomic E-state index is 0.281. The Bertz CT molecular complexity index is 429. The van der Waals surface area contributed by atoms with E-state index >= 15 is 0 Å². The van der Waals surface area contributed by atoms with Crippen LogP contribution in [0.3, 0.4) is 0 Å². The number of nitrogens with zero attached hydrogens (tertiary/aromatic N) is 1. The van der Waals surface area contributed by atoms with Crippen molar-refractivity contribution in [2.24, 2.45) is 0 Å². The van der Waals surface area contributed by atoms with Crippen LogP contribution in [0.1, 0.15) is 30.9 Å².